The van der Waals surface area contributed by atoms with Crippen LogP contribution in [0.5, 0.6) is 0 Å². The van der Waals surface area contributed by atoms with Gasteiger partial charge in [-0.3, -0.25) is 9.69 Å². The molecule has 1 aliphatic heterocycles. The van der Waals surface area contributed by atoms with Crippen molar-refractivity contribution in [3.63, 3.8) is 0 Å². The van der Waals surface area contributed by atoms with Crippen LogP contribution in [0.1, 0.15) is 32.6 Å². The summed E-state index contributed by atoms with van der Waals surface area (Å²) in [6.07, 6.45) is 4.71. The van der Waals surface area contributed by atoms with E-state index in [-0.39, 0.29) is 5.91 Å². The molecule has 1 heterocycles. The first-order valence-electron chi connectivity index (χ1n) is 7.09. The van der Waals surface area contributed by atoms with Crippen LogP contribution in [0.25, 0.3) is 0 Å². The number of anilines is 1. The van der Waals surface area contributed by atoms with Crippen LogP contribution in [-0.2, 0) is 4.79 Å². The van der Waals surface area contributed by atoms with E-state index in [2.05, 4.69) is 17.1 Å². The largest absolute Gasteiger partial charge is 0.324 e. The van der Waals surface area contributed by atoms with Crippen LogP contribution in [0.15, 0.2) is 18.2 Å². The van der Waals surface area contributed by atoms with E-state index in [1.165, 1.54) is 19.3 Å². The van der Waals surface area contributed by atoms with Gasteiger partial charge < -0.3 is 5.32 Å². The first-order valence-corrected chi connectivity index (χ1v) is 7.84. The van der Waals surface area contributed by atoms with Crippen LogP contribution in [-0.4, -0.2) is 29.9 Å². The van der Waals surface area contributed by atoms with Crippen LogP contribution in [0, 0.1) is 0 Å². The van der Waals surface area contributed by atoms with Crippen LogP contribution >= 0.6 is 23.2 Å². The summed E-state index contributed by atoms with van der Waals surface area (Å²) in [5, 5.41) is 3.89. The van der Waals surface area contributed by atoms with E-state index in [9.17, 15) is 4.79 Å². The Morgan fingerprint density at radius 2 is 2.20 bits per heavy atom. The summed E-state index contributed by atoms with van der Waals surface area (Å²) in [5.41, 5.74) is 0.617. The van der Waals surface area contributed by atoms with Crippen molar-refractivity contribution in [2.75, 3.05) is 18.4 Å². The Hall–Kier alpha value is -0.770. The van der Waals surface area contributed by atoms with E-state index in [4.69, 9.17) is 23.2 Å². The molecule has 20 heavy (non-hydrogen) atoms. The van der Waals surface area contributed by atoms with Gasteiger partial charge in [-0.25, -0.2) is 0 Å². The average Bonchev–Trinajstić information content (AvgIpc) is 2.42. The van der Waals surface area contributed by atoms with E-state index in [0.717, 1.165) is 13.0 Å². The van der Waals surface area contributed by atoms with Gasteiger partial charge in [0.15, 0.2) is 0 Å². The Morgan fingerprint density at radius 1 is 1.40 bits per heavy atom. The van der Waals surface area contributed by atoms with Crippen LogP contribution in [0.3, 0.4) is 0 Å². The van der Waals surface area contributed by atoms with Gasteiger partial charge in [0.25, 0.3) is 0 Å². The number of rotatable bonds is 4. The maximum atomic E-state index is 12.1. The standard InChI is InChI=1S/C15H20Cl2N2O/c1-2-12-5-3-4-8-19(12)10-15(20)18-14-7-6-11(16)9-13(14)17/h6-7,9,12H,2-5,8,10H2,1H3,(H,18,20). The molecular weight excluding hydrogens is 295 g/mol. The minimum Gasteiger partial charge on any atom is -0.324 e. The summed E-state index contributed by atoms with van der Waals surface area (Å²) in [6.45, 7) is 3.61. The molecule has 0 bridgehead atoms. The predicted molar refractivity (Wildman–Crippen MR) is 84.6 cm³/mol. The van der Waals surface area contributed by atoms with Crippen LogP contribution in [0.2, 0.25) is 10.0 Å². The quantitative estimate of drug-likeness (QED) is 0.903. The highest BCUT2D eigenvalue weighted by molar-refractivity contribution is 6.36. The summed E-state index contributed by atoms with van der Waals surface area (Å²) < 4.78 is 0. The molecular formula is C15H20Cl2N2O. The second-order valence-corrected chi connectivity index (χ2v) is 6.04. The molecule has 0 aromatic heterocycles. The number of carbonyl (C=O) groups is 1. The van der Waals surface area contributed by atoms with Gasteiger partial charge in [0.05, 0.1) is 17.3 Å². The molecule has 1 fully saturated rings. The number of piperidine rings is 1. The fourth-order valence-corrected chi connectivity index (χ4v) is 3.15. The maximum Gasteiger partial charge on any atom is 0.238 e. The Bertz CT molecular complexity index is 479. The summed E-state index contributed by atoms with van der Waals surface area (Å²) in [7, 11) is 0. The maximum absolute atomic E-state index is 12.1. The summed E-state index contributed by atoms with van der Waals surface area (Å²) >= 11 is 11.9. The normalized spacial score (nSPS) is 19.9. The topological polar surface area (TPSA) is 32.3 Å². The van der Waals surface area contributed by atoms with E-state index in [1.807, 2.05) is 0 Å². The lowest BCUT2D eigenvalue weighted by Gasteiger charge is -2.34. The number of hydrogen-bond donors (Lipinski definition) is 1. The molecule has 1 aromatic rings. The fourth-order valence-electron chi connectivity index (χ4n) is 2.70. The Balaban J connectivity index is 1.94. The summed E-state index contributed by atoms with van der Waals surface area (Å²) in [6, 6.07) is 5.61. The van der Waals surface area contributed by atoms with Crippen molar-refractivity contribution < 1.29 is 4.79 Å². The molecule has 1 atom stereocenters. The second kappa shape index (κ2) is 7.30. The molecule has 0 spiro atoms. The van der Waals surface area contributed by atoms with Crippen LogP contribution < -0.4 is 5.32 Å². The molecule has 2 rings (SSSR count). The van der Waals surface area contributed by atoms with E-state index < -0.39 is 0 Å². The van der Waals surface area contributed by atoms with E-state index in [1.54, 1.807) is 18.2 Å². The molecule has 1 aliphatic rings. The zero-order valence-corrected chi connectivity index (χ0v) is 13.2. The van der Waals surface area contributed by atoms with Gasteiger partial charge in [-0.1, -0.05) is 36.5 Å². The monoisotopic (exact) mass is 314 g/mol. The highest BCUT2D eigenvalue weighted by Crippen LogP contribution is 2.25. The third kappa shape index (κ3) is 4.11. The average molecular weight is 315 g/mol. The molecule has 0 saturated carbocycles. The van der Waals surface area contributed by atoms with Gasteiger partial charge >= 0.3 is 0 Å². The predicted octanol–water partition coefficient (Wildman–Crippen LogP) is 4.20. The second-order valence-electron chi connectivity index (χ2n) is 5.20. The Morgan fingerprint density at radius 3 is 2.90 bits per heavy atom. The first-order chi connectivity index (χ1) is 9.60. The molecule has 1 N–H and O–H groups in total. The van der Waals surface area contributed by atoms with Gasteiger partial charge in [0.1, 0.15) is 0 Å². The van der Waals surface area contributed by atoms with Crippen molar-refractivity contribution >= 4 is 34.8 Å². The lowest BCUT2D eigenvalue weighted by atomic mass is 10.00. The van der Waals surface area contributed by atoms with Crippen LogP contribution in [0.4, 0.5) is 5.69 Å². The molecule has 0 aliphatic carbocycles. The van der Waals surface area contributed by atoms with Gasteiger partial charge in [-0.2, -0.15) is 0 Å². The number of carbonyl (C=O) groups excluding carboxylic acids is 1. The number of likely N-dealkylation sites (tertiary alicyclic amines) is 1. The number of halogens is 2. The number of amides is 1. The minimum atomic E-state index is -0.0189. The number of nitrogens with zero attached hydrogens (tertiary/aromatic N) is 1. The molecule has 1 amide bonds. The van der Waals surface area contributed by atoms with E-state index in [0.29, 0.717) is 28.3 Å². The number of hydrogen-bond acceptors (Lipinski definition) is 2. The Kier molecular flexibility index (Phi) is 5.70. The van der Waals surface area contributed by atoms with Gasteiger partial charge in [0, 0.05) is 11.1 Å². The molecule has 1 saturated heterocycles. The Labute approximate surface area is 130 Å². The number of benzene rings is 1. The number of nitrogens with one attached hydrogen (secondary N) is 1. The third-order valence-electron chi connectivity index (χ3n) is 3.77. The summed E-state index contributed by atoms with van der Waals surface area (Å²) in [4.78, 5) is 14.4. The van der Waals surface area contributed by atoms with Crippen molar-refractivity contribution in [2.24, 2.45) is 0 Å². The zero-order valence-electron chi connectivity index (χ0n) is 11.7. The van der Waals surface area contributed by atoms with Crippen molar-refractivity contribution in [1.82, 2.24) is 4.90 Å². The third-order valence-corrected chi connectivity index (χ3v) is 4.32. The minimum absolute atomic E-state index is 0.0189. The van der Waals surface area contributed by atoms with Gasteiger partial charge in [-0.15, -0.1) is 0 Å². The first kappa shape index (κ1) is 15.6. The SMILES string of the molecule is CCC1CCCCN1CC(=O)Nc1ccc(Cl)cc1Cl. The molecule has 110 valence electrons. The lowest BCUT2D eigenvalue weighted by Crippen LogP contribution is -2.43. The van der Waals surface area contributed by atoms with E-state index >= 15 is 0 Å². The molecule has 5 heteroatoms. The molecule has 1 aromatic carbocycles. The van der Waals surface area contributed by atoms with Crippen molar-refractivity contribution in [3.05, 3.63) is 28.2 Å². The summed E-state index contributed by atoms with van der Waals surface area (Å²) in [5.74, 6) is -0.0189. The van der Waals surface area contributed by atoms with Gasteiger partial charge in [0.2, 0.25) is 5.91 Å². The fraction of sp³-hybridized carbons (Fsp3) is 0.533. The molecule has 3 nitrogen and oxygen atoms in total. The van der Waals surface area contributed by atoms with Crippen molar-refractivity contribution in [3.8, 4) is 0 Å². The highest BCUT2D eigenvalue weighted by Gasteiger charge is 2.22. The van der Waals surface area contributed by atoms with Gasteiger partial charge in [-0.05, 0) is 44.0 Å². The highest BCUT2D eigenvalue weighted by atomic mass is 35.5. The molecule has 1 unspecified atom stereocenters. The lowest BCUT2D eigenvalue weighted by molar-refractivity contribution is -0.118. The zero-order chi connectivity index (χ0) is 14.5. The smallest absolute Gasteiger partial charge is 0.238 e. The van der Waals surface area contributed by atoms with Crippen molar-refractivity contribution in [2.45, 2.75) is 38.6 Å². The molecule has 0 radical (unpaired) electrons. The van der Waals surface area contributed by atoms with Crippen molar-refractivity contribution in [1.29, 1.82) is 0 Å².